The van der Waals surface area contributed by atoms with E-state index in [1.807, 2.05) is 32.0 Å². The number of rotatable bonds is 3. The monoisotopic (exact) mass is 530 g/mol. The van der Waals surface area contributed by atoms with Gasteiger partial charge in [0.25, 0.3) is 5.56 Å². The standard InChI is InChI=1S/C28H27ClN6O3/c1-4-20(36)34-11-16-12-38-26-25(35(16)10-14(34)3)17-9-18(29)24(30-27(17)31-28(26)37)21-13(2)5-8-19-22(21)23(33-32-19)15-6-7-15/h4-5,8-9,14-16H,1,6-7,10-12H2,2-3H3,(H,32,33)(H,30,31,37). The predicted octanol–water partition coefficient (Wildman–Crippen LogP) is 4.29. The van der Waals surface area contributed by atoms with Crippen LogP contribution in [0, 0.1) is 6.92 Å². The summed E-state index contributed by atoms with van der Waals surface area (Å²) in [5.41, 5.74) is 5.37. The van der Waals surface area contributed by atoms with E-state index in [2.05, 4.69) is 26.7 Å². The van der Waals surface area contributed by atoms with Crippen LogP contribution in [0.15, 0.2) is 35.6 Å². The highest BCUT2D eigenvalue weighted by molar-refractivity contribution is 6.34. The number of pyridine rings is 2. The molecule has 1 saturated carbocycles. The van der Waals surface area contributed by atoms with Crippen molar-refractivity contribution < 1.29 is 9.53 Å². The Kier molecular flexibility index (Phi) is 5.10. The fourth-order valence-corrected chi connectivity index (χ4v) is 6.26. The number of anilines is 1. The second kappa shape index (κ2) is 8.33. The number of hydrogen-bond donors (Lipinski definition) is 2. The molecule has 2 N–H and O–H groups in total. The molecule has 1 aromatic carbocycles. The molecule has 0 spiro atoms. The van der Waals surface area contributed by atoms with Crippen molar-refractivity contribution in [1.82, 2.24) is 25.1 Å². The molecule has 3 aliphatic rings. The van der Waals surface area contributed by atoms with Gasteiger partial charge in [0.2, 0.25) is 11.7 Å². The van der Waals surface area contributed by atoms with Crippen LogP contribution in [0.3, 0.4) is 0 Å². The lowest BCUT2D eigenvalue weighted by atomic mass is 9.97. The molecule has 9 nitrogen and oxygen atoms in total. The number of aromatic amines is 2. The lowest BCUT2D eigenvalue weighted by Gasteiger charge is -2.48. The smallest absolute Gasteiger partial charge is 0.294 e. The summed E-state index contributed by atoms with van der Waals surface area (Å²) in [6, 6.07) is 5.78. The Balaban J connectivity index is 1.41. The Morgan fingerprint density at radius 1 is 1.29 bits per heavy atom. The zero-order chi connectivity index (χ0) is 26.3. The molecule has 1 amide bonds. The van der Waals surface area contributed by atoms with Crippen LogP contribution in [0.1, 0.15) is 36.9 Å². The van der Waals surface area contributed by atoms with Crippen LogP contribution < -0.4 is 15.2 Å². The van der Waals surface area contributed by atoms with Crippen molar-refractivity contribution in [2.45, 2.75) is 44.7 Å². The minimum Gasteiger partial charge on any atom is -0.484 e. The van der Waals surface area contributed by atoms with Crippen LogP contribution in [-0.4, -0.2) is 62.8 Å². The number of nitrogens with zero attached hydrogens (tertiary/aromatic N) is 4. The highest BCUT2D eigenvalue weighted by Crippen LogP contribution is 2.47. The minimum atomic E-state index is -0.333. The number of nitrogens with one attached hydrogen (secondary N) is 2. The van der Waals surface area contributed by atoms with E-state index in [9.17, 15) is 9.59 Å². The maximum absolute atomic E-state index is 13.2. The molecular formula is C28H27ClN6O3. The lowest BCUT2D eigenvalue weighted by Crippen LogP contribution is -2.62. The topological polar surface area (TPSA) is 107 Å². The van der Waals surface area contributed by atoms with Gasteiger partial charge in [-0.1, -0.05) is 24.2 Å². The SMILES string of the molecule is C=CC(=O)N1CC2COc3c(c4cc(Cl)c(-c5c(C)ccc6[nH]nc(C7CC7)c56)nc4[nH]c3=O)N2CC1C. The van der Waals surface area contributed by atoms with E-state index in [1.165, 1.54) is 6.08 Å². The summed E-state index contributed by atoms with van der Waals surface area (Å²) in [5, 5.41) is 10.0. The van der Waals surface area contributed by atoms with Gasteiger partial charge in [-0.2, -0.15) is 5.10 Å². The van der Waals surface area contributed by atoms with Gasteiger partial charge in [-0.25, -0.2) is 4.98 Å². The van der Waals surface area contributed by atoms with Crippen molar-refractivity contribution in [2.75, 3.05) is 24.6 Å². The summed E-state index contributed by atoms with van der Waals surface area (Å²) in [6.45, 7) is 9.01. The molecule has 38 heavy (non-hydrogen) atoms. The fraction of sp³-hybridized carbons (Fsp3) is 0.357. The molecule has 7 rings (SSSR count). The molecule has 5 heterocycles. The number of aryl methyl sites for hydroxylation is 1. The van der Waals surface area contributed by atoms with E-state index >= 15 is 0 Å². The van der Waals surface area contributed by atoms with Gasteiger partial charge >= 0.3 is 0 Å². The highest BCUT2D eigenvalue weighted by Gasteiger charge is 2.40. The third kappa shape index (κ3) is 3.37. The average Bonchev–Trinajstić information content (AvgIpc) is 3.66. The van der Waals surface area contributed by atoms with Crippen LogP contribution in [0.25, 0.3) is 33.2 Å². The number of carbonyl (C=O) groups excluding carboxylic acids is 1. The van der Waals surface area contributed by atoms with Crippen molar-refractivity contribution in [1.29, 1.82) is 0 Å². The highest BCUT2D eigenvalue weighted by atomic mass is 35.5. The molecule has 10 heteroatoms. The molecule has 1 aliphatic carbocycles. The Hall–Kier alpha value is -3.85. The van der Waals surface area contributed by atoms with Crippen molar-refractivity contribution in [3.63, 3.8) is 0 Å². The average molecular weight is 531 g/mol. The number of halogens is 1. The minimum absolute atomic E-state index is 0.0677. The predicted molar refractivity (Wildman–Crippen MR) is 147 cm³/mol. The van der Waals surface area contributed by atoms with Gasteiger partial charge in [-0.15, -0.1) is 0 Å². The van der Waals surface area contributed by atoms with Gasteiger partial charge < -0.3 is 19.5 Å². The zero-order valence-electron chi connectivity index (χ0n) is 21.2. The molecule has 0 bridgehead atoms. The molecule has 2 unspecified atom stereocenters. The zero-order valence-corrected chi connectivity index (χ0v) is 21.9. The summed E-state index contributed by atoms with van der Waals surface area (Å²) in [5.74, 6) is 0.597. The quantitative estimate of drug-likeness (QED) is 0.383. The van der Waals surface area contributed by atoms with Gasteiger partial charge in [-0.3, -0.25) is 14.7 Å². The first-order chi connectivity index (χ1) is 18.4. The Bertz CT molecular complexity index is 1720. The number of H-pyrrole nitrogens is 2. The molecule has 4 aromatic rings. The number of ether oxygens (including phenoxy) is 1. The molecule has 1 saturated heterocycles. The number of piperazine rings is 1. The molecule has 2 aliphatic heterocycles. The van der Waals surface area contributed by atoms with E-state index in [4.69, 9.17) is 21.3 Å². The summed E-state index contributed by atoms with van der Waals surface area (Å²) in [7, 11) is 0. The third-order valence-corrected chi connectivity index (χ3v) is 8.35. The maximum atomic E-state index is 13.2. The molecule has 2 atom stereocenters. The van der Waals surface area contributed by atoms with Gasteiger partial charge in [0.05, 0.1) is 33.7 Å². The Morgan fingerprint density at radius 2 is 2.11 bits per heavy atom. The molecule has 2 fully saturated rings. The van der Waals surface area contributed by atoms with Crippen molar-refractivity contribution in [3.8, 4) is 17.0 Å². The summed E-state index contributed by atoms with van der Waals surface area (Å²) in [4.78, 5) is 37.5. The van der Waals surface area contributed by atoms with Gasteiger partial charge in [0.15, 0.2) is 0 Å². The number of benzene rings is 1. The molecular weight excluding hydrogens is 504 g/mol. The van der Waals surface area contributed by atoms with E-state index < -0.39 is 0 Å². The van der Waals surface area contributed by atoms with E-state index in [0.29, 0.717) is 53.1 Å². The summed E-state index contributed by atoms with van der Waals surface area (Å²) in [6.07, 6.45) is 3.58. The lowest BCUT2D eigenvalue weighted by molar-refractivity contribution is -0.129. The largest absolute Gasteiger partial charge is 0.484 e. The van der Waals surface area contributed by atoms with Crippen LogP contribution in [0.5, 0.6) is 5.75 Å². The number of aromatic nitrogens is 4. The van der Waals surface area contributed by atoms with Gasteiger partial charge in [-0.05, 0) is 50.5 Å². The first kappa shape index (κ1) is 23.3. The van der Waals surface area contributed by atoms with E-state index in [1.54, 1.807) is 4.90 Å². The van der Waals surface area contributed by atoms with Crippen molar-refractivity contribution in [3.05, 3.63) is 57.5 Å². The Labute approximate surface area is 223 Å². The normalized spacial score (nSPS) is 20.8. The summed E-state index contributed by atoms with van der Waals surface area (Å²) < 4.78 is 5.97. The van der Waals surface area contributed by atoms with E-state index in [-0.39, 0.29) is 29.3 Å². The third-order valence-electron chi connectivity index (χ3n) is 8.06. The molecule has 194 valence electrons. The Morgan fingerprint density at radius 3 is 2.87 bits per heavy atom. The van der Waals surface area contributed by atoms with E-state index in [0.717, 1.165) is 40.6 Å². The number of fused-ring (bicyclic) bond motifs is 6. The number of hydrogen-bond acceptors (Lipinski definition) is 6. The van der Waals surface area contributed by atoms with Crippen LogP contribution in [-0.2, 0) is 4.79 Å². The van der Waals surface area contributed by atoms with Crippen LogP contribution in [0.4, 0.5) is 5.69 Å². The van der Waals surface area contributed by atoms with Gasteiger partial charge in [0.1, 0.15) is 12.3 Å². The number of amides is 1. The first-order valence-electron chi connectivity index (χ1n) is 12.9. The van der Waals surface area contributed by atoms with Crippen molar-refractivity contribution in [2.24, 2.45) is 0 Å². The fourth-order valence-electron chi connectivity index (χ4n) is 6.01. The summed E-state index contributed by atoms with van der Waals surface area (Å²) >= 11 is 6.99. The maximum Gasteiger partial charge on any atom is 0.294 e. The molecule has 0 radical (unpaired) electrons. The van der Waals surface area contributed by atoms with Gasteiger partial charge in [0, 0.05) is 41.4 Å². The van der Waals surface area contributed by atoms with Crippen LogP contribution >= 0.6 is 11.6 Å². The van der Waals surface area contributed by atoms with Crippen molar-refractivity contribution >= 4 is 45.1 Å². The second-order valence-corrected chi connectivity index (χ2v) is 11.0. The van der Waals surface area contributed by atoms with Crippen LogP contribution in [0.2, 0.25) is 5.02 Å². The molecule has 3 aromatic heterocycles. The number of carbonyl (C=O) groups is 1. The first-order valence-corrected chi connectivity index (χ1v) is 13.3. The second-order valence-electron chi connectivity index (χ2n) is 10.6.